The van der Waals surface area contributed by atoms with Crippen LogP contribution in [0.5, 0.6) is 5.75 Å². The summed E-state index contributed by atoms with van der Waals surface area (Å²) in [6.07, 6.45) is 1.66. The summed E-state index contributed by atoms with van der Waals surface area (Å²) in [7, 11) is 0. The molecule has 1 amide bonds. The monoisotopic (exact) mass is 551 g/mol. The predicted octanol–water partition coefficient (Wildman–Crippen LogP) is 5.22. The first-order valence-electron chi connectivity index (χ1n) is 11.9. The minimum Gasteiger partial charge on any atom is -0.488 e. The van der Waals surface area contributed by atoms with Gasteiger partial charge in [-0.15, -0.1) is 0 Å². The van der Waals surface area contributed by atoms with Crippen LogP contribution >= 0.6 is 15.9 Å². The normalized spacial score (nSPS) is 26.6. The number of nitrogens with one attached hydrogen (secondary N) is 1. The number of benzene rings is 3. The van der Waals surface area contributed by atoms with Gasteiger partial charge in [-0.1, -0.05) is 36.4 Å². The van der Waals surface area contributed by atoms with E-state index in [9.17, 15) is 19.3 Å². The van der Waals surface area contributed by atoms with Crippen molar-refractivity contribution >= 4 is 27.5 Å². The van der Waals surface area contributed by atoms with E-state index in [-0.39, 0.29) is 29.3 Å². The number of ether oxygens (including phenoxy) is 1. The maximum absolute atomic E-state index is 13.5. The van der Waals surface area contributed by atoms with Gasteiger partial charge in [0.15, 0.2) is 5.54 Å². The molecule has 2 fully saturated rings. The minimum absolute atomic E-state index is 0.129. The Labute approximate surface area is 215 Å². The van der Waals surface area contributed by atoms with Gasteiger partial charge in [-0.3, -0.25) is 19.8 Å². The van der Waals surface area contributed by atoms with E-state index < -0.39 is 17.5 Å². The van der Waals surface area contributed by atoms with E-state index in [0.29, 0.717) is 28.0 Å². The van der Waals surface area contributed by atoms with E-state index in [1.807, 2.05) is 30.3 Å². The number of carbonyl (C=O) groups excluding carboxylic acids is 1. The fraction of sp³-hybridized carbons (Fsp3) is 0.296. The fourth-order valence-corrected chi connectivity index (χ4v) is 6.87. The van der Waals surface area contributed by atoms with Crippen LogP contribution in [0.25, 0.3) is 0 Å². The second-order valence-electron chi connectivity index (χ2n) is 9.53. The van der Waals surface area contributed by atoms with Crippen LogP contribution < -0.4 is 10.1 Å². The van der Waals surface area contributed by atoms with Crippen molar-refractivity contribution in [3.8, 4) is 5.75 Å². The van der Waals surface area contributed by atoms with Gasteiger partial charge >= 0.3 is 0 Å². The summed E-state index contributed by atoms with van der Waals surface area (Å²) in [4.78, 5) is 28.0. The maximum atomic E-state index is 13.5. The zero-order chi connectivity index (χ0) is 25.0. The number of anilines is 1. The van der Waals surface area contributed by atoms with Gasteiger partial charge in [0.2, 0.25) is 0 Å². The van der Waals surface area contributed by atoms with Crippen molar-refractivity contribution in [3.05, 3.63) is 104 Å². The number of carbonyl (C=O) groups is 1. The molecule has 0 aliphatic carbocycles. The van der Waals surface area contributed by atoms with Crippen LogP contribution in [0.4, 0.5) is 10.1 Å². The molecule has 4 atom stereocenters. The number of nitro groups is 1. The quantitative estimate of drug-likeness (QED) is 0.347. The molecular weight excluding hydrogens is 529 g/mol. The van der Waals surface area contributed by atoms with Crippen molar-refractivity contribution in [2.24, 2.45) is 0 Å². The maximum Gasteiger partial charge on any atom is 0.256 e. The standard InChI is InChI=1S/C27H23BrFN3O4/c28-20-14-17(9-12-23(20)36-15-16-7-10-18(29)11-8-16)24-22-6-3-13-31(22)27(25(24)32(34)35)19-4-1-2-5-21(19)30-26(27)33/h1-2,4-5,7-12,14,22,24-25H,3,6,13,15H2,(H,30,33)/t22-,24-,25-,27+/m1/s1. The molecule has 0 saturated carbocycles. The molecule has 0 unspecified atom stereocenters. The van der Waals surface area contributed by atoms with Gasteiger partial charge in [0, 0.05) is 28.8 Å². The molecule has 7 nitrogen and oxygen atoms in total. The lowest BCUT2D eigenvalue weighted by Gasteiger charge is -2.32. The Bertz CT molecular complexity index is 1370. The Morgan fingerprint density at radius 1 is 1.17 bits per heavy atom. The van der Waals surface area contributed by atoms with Gasteiger partial charge in [0.1, 0.15) is 18.2 Å². The second-order valence-corrected chi connectivity index (χ2v) is 10.4. The third-order valence-electron chi connectivity index (χ3n) is 7.74. The molecule has 0 aromatic heterocycles. The lowest BCUT2D eigenvalue weighted by Crippen LogP contribution is -2.55. The molecule has 0 bridgehead atoms. The third-order valence-corrected chi connectivity index (χ3v) is 8.36. The molecule has 1 spiro atoms. The van der Waals surface area contributed by atoms with E-state index in [1.54, 1.807) is 24.3 Å². The molecule has 2 saturated heterocycles. The van der Waals surface area contributed by atoms with E-state index in [4.69, 9.17) is 4.74 Å². The van der Waals surface area contributed by atoms with Crippen molar-refractivity contribution in [2.75, 3.05) is 11.9 Å². The van der Waals surface area contributed by atoms with E-state index in [0.717, 1.165) is 24.0 Å². The third kappa shape index (κ3) is 3.37. The summed E-state index contributed by atoms with van der Waals surface area (Å²) in [5, 5.41) is 15.6. The second kappa shape index (κ2) is 8.67. The SMILES string of the molecule is O=C1Nc2ccccc2[C@]12[C@H]([N+](=O)[O-])[C@H](c1ccc(OCc3ccc(F)cc3)c(Br)c1)[C@H]1CCCN12. The first-order chi connectivity index (χ1) is 17.4. The lowest BCUT2D eigenvalue weighted by molar-refractivity contribution is -0.534. The van der Waals surface area contributed by atoms with Crippen molar-refractivity contribution < 1.29 is 18.8 Å². The van der Waals surface area contributed by atoms with E-state index >= 15 is 0 Å². The van der Waals surface area contributed by atoms with Crippen molar-refractivity contribution in [2.45, 2.75) is 43.0 Å². The first kappa shape index (κ1) is 23.1. The van der Waals surface area contributed by atoms with Crippen molar-refractivity contribution in [1.29, 1.82) is 0 Å². The van der Waals surface area contributed by atoms with Crippen molar-refractivity contribution in [1.82, 2.24) is 4.90 Å². The summed E-state index contributed by atoms with van der Waals surface area (Å²) in [6, 6.07) is 17.7. The average molecular weight is 552 g/mol. The van der Waals surface area contributed by atoms with Crippen LogP contribution in [0.15, 0.2) is 71.2 Å². The topological polar surface area (TPSA) is 84.7 Å². The molecule has 3 aromatic carbocycles. The molecule has 3 heterocycles. The van der Waals surface area contributed by atoms with Crippen LogP contribution in [-0.4, -0.2) is 34.4 Å². The Morgan fingerprint density at radius 2 is 1.94 bits per heavy atom. The Hall–Kier alpha value is -3.30. The highest BCUT2D eigenvalue weighted by atomic mass is 79.9. The van der Waals surface area contributed by atoms with Crippen LogP contribution in [0.2, 0.25) is 0 Å². The van der Waals surface area contributed by atoms with Crippen LogP contribution in [-0.2, 0) is 16.9 Å². The van der Waals surface area contributed by atoms with E-state index in [1.165, 1.54) is 12.1 Å². The molecule has 3 aliphatic rings. The zero-order valence-corrected chi connectivity index (χ0v) is 20.8. The summed E-state index contributed by atoms with van der Waals surface area (Å²) < 4.78 is 19.8. The molecule has 36 heavy (non-hydrogen) atoms. The number of hydrogen-bond donors (Lipinski definition) is 1. The van der Waals surface area contributed by atoms with Gasteiger partial charge in [-0.25, -0.2) is 4.39 Å². The number of hydrogen-bond acceptors (Lipinski definition) is 5. The Kier molecular flexibility index (Phi) is 5.57. The summed E-state index contributed by atoms with van der Waals surface area (Å²) in [5.74, 6) is -0.515. The lowest BCUT2D eigenvalue weighted by atomic mass is 9.77. The van der Waals surface area contributed by atoms with Crippen molar-refractivity contribution in [3.63, 3.8) is 0 Å². The van der Waals surface area contributed by atoms with Gasteiger partial charge in [0.25, 0.3) is 11.9 Å². The smallest absolute Gasteiger partial charge is 0.256 e. The summed E-state index contributed by atoms with van der Waals surface area (Å²) >= 11 is 3.57. The number of para-hydroxylation sites is 1. The molecule has 3 aliphatic heterocycles. The molecule has 0 radical (unpaired) electrons. The Balaban J connectivity index is 1.37. The summed E-state index contributed by atoms with van der Waals surface area (Å²) in [5.41, 5.74) is 1.61. The fourth-order valence-electron chi connectivity index (χ4n) is 6.36. The highest BCUT2D eigenvalue weighted by molar-refractivity contribution is 9.10. The minimum atomic E-state index is -1.34. The first-order valence-corrected chi connectivity index (χ1v) is 12.7. The summed E-state index contributed by atoms with van der Waals surface area (Å²) in [6.45, 7) is 0.892. The van der Waals surface area contributed by atoms with Gasteiger partial charge in [0.05, 0.1) is 10.4 Å². The molecule has 6 rings (SSSR count). The van der Waals surface area contributed by atoms with Crippen LogP contribution in [0.1, 0.15) is 35.4 Å². The zero-order valence-electron chi connectivity index (χ0n) is 19.2. The van der Waals surface area contributed by atoms with Gasteiger partial charge in [-0.05, 0) is 70.2 Å². The van der Waals surface area contributed by atoms with E-state index in [2.05, 4.69) is 26.1 Å². The molecule has 184 valence electrons. The number of fused-ring (bicyclic) bond motifs is 4. The van der Waals surface area contributed by atoms with Crippen LogP contribution in [0.3, 0.4) is 0 Å². The number of nitrogens with zero attached hydrogens (tertiary/aromatic N) is 2. The Morgan fingerprint density at radius 3 is 2.69 bits per heavy atom. The van der Waals surface area contributed by atoms with Crippen LogP contribution in [0, 0.1) is 15.9 Å². The average Bonchev–Trinajstić information content (AvgIpc) is 3.52. The molecule has 3 aromatic rings. The largest absolute Gasteiger partial charge is 0.488 e. The molecular formula is C27H23BrFN3O4. The van der Waals surface area contributed by atoms with Gasteiger partial charge < -0.3 is 10.1 Å². The molecule has 1 N–H and O–H groups in total. The highest BCUT2D eigenvalue weighted by Gasteiger charge is 2.73. The predicted molar refractivity (Wildman–Crippen MR) is 135 cm³/mol. The highest BCUT2D eigenvalue weighted by Crippen LogP contribution is 2.58. The molecule has 9 heteroatoms. The van der Waals surface area contributed by atoms with Gasteiger partial charge in [-0.2, -0.15) is 0 Å². The number of amides is 1. The number of halogens is 2. The number of rotatable bonds is 5.